The third-order valence-corrected chi connectivity index (χ3v) is 4.39. The zero-order valence-corrected chi connectivity index (χ0v) is 12.9. The van der Waals surface area contributed by atoms with Crippen molar-refractivity contribution >= 4 is 27.4 Å². The topological polar surface area (TPSA) is 42.0 Å². The summed E-state index contributed by atoms with van der Waals surface area (Å²) in [4.78, 5) is 4.61. The Morgan fingerprint density at radius 3 is 2.77 bits per heavy atom. The van der Waals surface area contributed by atoms with Gasteiger partial charge < -0.3 is 5.32 Å². The summed E-state index contributed by atoms with van der Waals surface area (Å²) in [7, 11) is -1.32. The van der Waals surface area contributed by atoms with E-state index in [-0.39, 0.29) is 4.90 Å². The van der Waals surface area contributed by atoms with Crippen molar-refractivity contribution in [2.45, 2.75) is 11.4 Å². The quantitative estimate of drug-likeness (QED) is 0.798. The average Bonchev–Trinajstić information content (AvgIpc) is 2.52. The molecule has 0 saturated carbocycles. The fourth-order valence-corrected chi connectivity index (χ4v) is 2.94. The summed E-state index contributed by atoms with van der Waals surface area (Å²) in [6, 6.07) is 14.5. The van der Waals surface area contributed by atoms with Crippen molar-refractivity contribution in [2.75, 3.05) is 11.6 Å². The second-order valence-corrected chi connectivity index (χ2v) is 6.29. The van der Waals surface area contributed by atoms with Crippen LogP contribution < -0.4 is 5.32 Å². The molecule has 22 heavy (non-hydrogen) atoms. The molecule has 0 aliphatic rings. The minimum atomic E-state index is -1.32. The van der Waals surface area contributed by atoms with Crippen molar-refractivity contribution in [1.29, 1.82) is 0 Å². The number of hydrogen-bond donors (Lipinski definition) is 1. The molecule has 1 N–H and O–H groups in total. The highest BCUT2D eigenvalue weighted by atomic mass is 32.2. The number of anilines is 1. The number of nitrogens with zero attached hydrogens (tertiary/aromatic N) is 1. The predicted molar refractivity (Wildman–Crippen MR) is 87.8 cm³/mol. The molecule has 0 unspecified atom stereocenters. The predicted octanol–water partition coefficient (Wildman–Crippen LogP) is 3.72. The van der Waals surface area contributed by atoms with E-state index in [1.165, 1.54) is 12.3 Å². The fraction of sp³-hybridized carbons (Fsp3) is 0.118. The molecule has 0 saturated heterocycles. The molecule has 0 bridgehead atoms. The van der Waals surface area contributed by atoms with Gasteiger partial charge in [0, 0.05) is 30.1 Å². The van der Waals surface area contributed by atoms with Gasteiger partial charge in [0.25, 0.3) is 0 Å². The Morgan fingerprint density at radius 1 is 1.18 bits per heavy atom. The summed E-state index contributed by atoms with van der Waals surface area (Å²) in [5.41, 5.74) is 2.63. The van der Waals surface area contributed by atoms with Crippen molar-refractivity contribution in [3.05, 3.63) is 66.1 Å². The Hall–Kier alpha value is -2.27. The van der Waals surface area contributed by atoms with E-state index >= 15 is 0 Å². The van der Waals surface area contributed by atoms with Gasteiger partial charge in [-0.3, -0.25) is 9.19 Å². The molecule has 1 aromatic heterocycles. The summed E-state index contributed by atoms with van der Waals surface area (Å²) >= 11 is 0. The molecule has 0 radical (unpaired) electrons. The maximum atomic E-state index is 13.8. The van der Waals surface area contributed by atoms with Crippen LogP contribution >= 0.6 is 0 Å². The third-order valence-electron chi connectivity index (χ3n) is 3.44. The Morgan fingerprint density at radius 2 is 2.00 bits per heavy atom. The monoisotopic (exact) mass is 314 g/mol. The summed E-state index contributed by atoms with van der Waals surface area (Å²) in [6.07, 6.45) is 3.23. The van der Waals surface area contributed by atoms with E-state index in [1.807, 2.05) is 30.3 Å². The zero-order valence-electron chi connectivity index (χ0n) is 12.0. The molecule has 0 aliphatic carbocycles. The average molecular weight is 314 g/mol. The first-order chi connectivity index (χ1) is 10.6. The largest absolute Gasteiger partial charge is 0.381 e. The Kier molecular flexibility index (Phi) is 4.15. The van der Waals surface area contributed by atoms with Crippen LogP contribution in [0.1, 0.15) is 5.56 Å². The van der Waals surface area contributed by atoms with Gasteiger partial charge in [-0.1, -0.05) is 24.3 Å². The van der Waals surface area contributed by atoms with Crippen molar-refractivity contribution < 1.29 is 8.60 Å². The van der Waals surface area contributed by atoms with Crippen molar-refractivity contribution in [1.82, 2.24) is 4.98 Å². The van der Waals surface area contributed by atoms with Gasteiger partial charge in [-0.25, -0.2) is 4.39 Å². The lowest BCUT2D eigenvalue weighted by Crippen LogP contribution is -2.02. The van der Waals surface area contributed by atoms with Gasteiger partial charge in [0.1, 0.15) is 5.82 Å². The van der Waals surface area contributed by atoms with Gasteiger partial charge in [-0.05, 0) is 29.8 Å². The Balaban J connectivity index is 1.82. The first-order valence-corrected chi connectivity index (χ1v) is 8.40. The standard InChI is InChI=1S/C17H15FN2OS/c1-22(21)16-8-7-14(10-15(16)18)20-11-13-5-2-4-12-6-3-9-19-17(12)13/h2-10,20H,11H2,1H3/t22-/m0/s1. The summed E-state index contributed by atoms with van der Waals surface area (Å²) in [5.74, 6) is -0.457. The molecule has 3 aromatic rings. The van der Waals surface area contributed by atoms with E-state index in [2.05, 4.69) is 10.3 Å². The molecule has 3 rings (SSSR count). The van der Waals surface area contributed by atoms with Crippen LogP contribution in [-0.4, -0.2) is 15.4 Å². The van der Waals surface area contributed by atoms with Gasteiger partial charge in [-0.2, -0.15) is 0 Å². The fourth-order valence-electron chi connectivity index (χ4n) is 2.35. The number of rotatable bonds is 4. The van der Waals surface area contributed by atoms with Crippen LogP contribution in [0, 0.1) is 5.82 Å². The molecule has 2 aromatic carbocycles. The molecule has 0 fully saturated rings. The molecular formula is C17H15FN2OS. The van der Waals surface area contributed by atoms with Crippen LogP contribution in [-0.2, 0) is 17.3 Å². The number of pyridine rings is 1. The van der Waals surface area contributed by atoms with Gasteiger partial charge in [-0.15, -0.1) is 0 Å². The maximum Gasteiger partial charge on any atom is 0.141 e. The highest BCUT2D eigenvalue weighted by Gasteiger charge is 2.07. The van der Waals surface area contributed by atoms with Gasteiger partial charge >= 0.3 is 0 Å². The Bertz CT molecular complexity index is 846. The number of nitrogens with one attached hydrogen (secondary N) is 1. The minimum Gasteiger partial charge on any atom is -0.381 e. The smallest absolute Gasteiger partial charge is 0.141 e. The van der Waals surface area contributed by atoms with Crippen LogP contribution in [0.4, 0.5) is 10.1 Å². The second-order valence-electron chi connectivity index (χ2n) is 4.95. The number of benzene rings is 2. The first-order valence-electron chi connectivity index (χ1n) is 6.84. The van der Waals surface area contributed by atoms with Crippen LogP contribution in [0.3, 0.4) is 0 Å². The van der Waals surface area contributed by atoms with E-state index in [1.54, 1.807) is 18.3 Å². The summed E-state index contributed by atoms with van der Waals surface area (Å²) in [6.45, 7) is 0.544. The number of fused-ring (bicyclic) bond motifs is 1. The molecule has 5 heteroatoms. The lowest BCUT2D eigenvalue weighted by Gasteiger charge is -2.10. The van der Waals surface area contributed by atoms with E-state index in [4.69, 9.17) is 0 Å². The molecule has 1 heterocycles. The van der Waals surface area contributed by atoms with E-state index < -0.39 is 16.6 Å². The van der Waals surface area contributed by atoms with E-state index in [0.29, 0.717) is 12.2 Å². The number of hydrogen-bond acceptors (Lipinski definition) is 3. The zero-order chi connectivity index (χ0) is 15.5. The van der Waals surface area contributed by atoms with Crippen molar-refractivity contribution in [3.63, 3.8) is 0 Å². The molecule has 1 atom stereocenters. The summed E-state index contributed by atoms with van der Waals surface area (Å²) in [5, 5.41) is 4.25. The number of halogens is 1. The van der Waals surface area contributed by atoms with Crippen LogP contribution in [0.5, 0.6) is 0 Å². The van der Waals surface area contributed by atoms with Crippen molar-refractivity contribution in [2.24, 2.45) is 0 Å². The molecule has 0 spiro atoms. The lowest BCUT2D eigenvalue weighted by atomic mass is 10.1. The lowest BCUT2D eigenvalue weighted by molar-refractivity contribution is 0.596. The normalized spacial score (nSPS) is 12.3. The van der Waals surface area contributed by atoms with E-state index in [9.17, 15) is 8.60 Å². The molecule has 3 nitrogen and oxygen atoms in total. The maximum absolute atomic E-state index is 13.8. The van der Waals surface area contributed by atoms with Gasteiger partial charge in [0.2, 0.25) is 0 Å². The van der Waals surface area contributed by atoms with Gasteiger partial charge in [0.15, 0.2) is 0 Å². The van der Waals surface area contributed by atoms with E-state index in [0.717, 1.165) is 16.5 Å². The SMILES string of the molecule is C[S@](=O)c1ccc(NCc2cccc3cccnc23)cc1F. The van der Waals surface area contributed by atoms with Crippen LogP contribution in [0.25, 0.3) is 10.9 Å². The molecule has 0 amide bonds. The highest BCUT2D eigenvalue weighted by molar-refractivity contribution is 7.84. The van der Waals surface area contributed by atoms with Crippen LogP contribution in [0.15, 0.2) is 59.6 Å². The second kappa shape index (κ2) is 6.23. The van der Waals surface area contributed by atoms with Crippen molar-refractivity contribution in [3.8, 4) is 0 Å². The van der Waals surface area contributed by atoms with Gasteiger partial charge in [0.05, 0.1) is 21.2 Å². The summed E-state index contributed by atoms with van der Waals surface area (Å²) < 4.78 is 25.2. The molecular weight excluding hydrogens is 299 g/mol. The molecule has 112 valence electrons. The third kappa shape index (κ3) is 2.99. The Labute approximate surface area is 130 Å². The highest BCUT2D eigenvalue weighted by Crippen LogP contribution is 2.20. The number of aromatic nitrogens is 1. The first kappa shape index (κ1) is 14.7. The van der Waals surface area contributed by atoms with Crippen LogP contribution in [0.2, 0.25) is 0 Å². The molecule has 0 aliphatic heterocycles. The number of para-hydroxylation sites is 1. The minimum absolute atomic E-state index is 0.220.